The summed E-state index contributed by atoms with van der Waals surface area (Å²) in [5.41, 5.74) is 9.79. The molecule has 0 atom stereocenters. The van der Waals surface area contributed by atoms with Gasteiger partial charge >= 0.3 is 0 Å². The molecule has 0 aliphatic carbocycles. The highest BCUT2D eigenvalue weighted by Crippen LogP contribution is 2.26. The Morgan fingerprint density at radius 2 is 1.85 bits per heavy atom. The minimum absolute atomic E-state index is 0.678. The fourth-order valence-electron chi connectivity index (χ4n) is 2.07. The standard InChI is InChI=1S/C16H20N2O2/c1-11-8-13(17)5-7-15(11)18-10-12-4-6-14(19-2)9-16(12)20-3/h4-9,18H,10,17H2,1-3H3. The van der Waals surface area contributed by atoms with E-state index in [1.165, 1.54) is 0 Å². The number of ether oxygens (including phenoxy) is 2. The number of hydrogen-bond donors (Lipinski definition) is 2. The van der Waals surface area contributed by atoms with Crippen LogP contribution in [0.1, 0.15) is 11.1 Å². The zero-order chi connectivity index (χ0) is 14.5. The third kappa shape index (κ3) is 3.15. The van der Waals surface area contributed by atoms with E-state index in [1.54, 1.807) is 14.2 Å². The topological polar surface area (TPSA) is 56.5 Å². The highest BCUT2D eigenvalue weighted by Gasteiger charge is 2.06. The van der Waals surface area contributed by atoms with Crippen molar-refractivity contribution in [1.29, 1.82) is 0 Å². The Morgan fingerprint density at radius 1 is 1.05 bits per heavy atom. The first-order valence-electron chi connectivity index (χ1n) is 6.45. The van der Waals surface area contributed by atoms with E-state index in [1.807, 2.05) is 43.3 Å². The first-order valence-corrected chi connectivity index (χ1v) is 6.45. The molecule has 4 nitrogen and oxygen atoms in total. The van der Waals surface area contributed by atoms with Gasteiger partial charge in [-0.2, -0.15) is 0 Å². The highest BCUT2D eigenvalue weighted by molar-refractivity contribution is 5.58. The lowest BCUT2D eigenvalue weighted by Crippen LogP contribution is -2.03. The molecule has 2 aromatic carbocycles. The maximum atomic E-state index is 5.75. The average molecular weight is 272 g/mol. The van der Waals surface area contributed by atoms with E-state index in [9.17, 15) is 0 Å². The van der Waals surface area contributed by atoms with Gasteiger partial charge in [-0.15, -0.1) is 0 Å². The number of benzene rings is 2. The van der Waals surface area contributed by atoms with E-state index in [0.717, 1.165) is 34.0 Å². The third-order valence-electron chi connectivity index (χ3n) is 3.21. The largest absolute Gasteiger partial charge is 0.497 e. The Bertz CT molecular complexity index is 597. The Hall–Kier alpha value is -2.36. The maximum Gasteiger partial charge on any atom is 0.127 e. The van der Waals surface area contributed by atoms with Crippen LogP contribution in [0.25, 0.3) is 0 Å². The van der Waals surface area contributed by atoms with Crippen LogP contribution in [0.5, 0.6) is 11.5 Å². The molecule has 0 aromatic heterocycles. The monoisotopic (exact) mass is 272 g/mol. The molecule has 2 aromatic rings. The van der Waals surface area contributed by atoms with Crippen molar-refractivity contribution >= 4 is 11.4 Å². The lowest BCUT2D eigenvalue weighted by atomic mass is 10.1. The smallest absolute Gasteiger partial charge is 0.127 e. The predicted molar refractivity (Wildman–Crippen MR) is 82.5 cm³/mol. The van der Waals surface area contributed by atoms with Crippen molar-refractivity contribution in [2.45, 2.75) is 13.5 Å². The summed E-state index contributed by atoms with van der Waals surface area (Å²) in [6.45, 7) is 2.71. The molecule has 0 aliphatic rings. The van der Waals surface area contributed by atoms with Crippen LogP contribution < -0.4 is 20.5 Å². The van der Waals surface area contributed by atoms with Crippen molar-refractivity contribution in [2.24, 2.45) is 0 Å². The number of nitrogen functional groups attached to an aromatic ring is 1. The summed E-state index contributed by atoms with van der Waals surface area (Å²) >= 11 is 0. The second kappa shape index (κ2) is 6.19. The Morgan fingerprint density at radius 3 is 2.50 bits per heavy atom. The molecule has 106 valence electrons. The van der Waals surface area contributed by atoms with Gasteiger partial charge < -0.3 is 20.5 Å². The number of nitrogens with one attached hydrogen (secondary N) is 1. The molecule has 0 aliphatic heterocycles. The number of rotatable bonds is 5. The lowest BCUT2D eigenvalue weighted by Gasteiger charge is -2.13. The van der Waals surface area contributed by atoms with E-state index in [-0.39, 0.29) is 0 Å². The van der Waals surface area contributed by atoms with Crippen LogP contribution in [-0.2, 0) is 6.54 Å². The van der Waals surface area contributed by atoms with Crippen LogP contribution in [0, 0.1) is 6.92 Å². The van der Waals surface area contributed by atoms with Crippen molar-refractivity contribution in [3.05, 3.63) is 47.5 Å². The van der Waals surface area contributed by atoms with Gasteiger partial charge in [0.2, 0.25) is 0 Å². The molecule has 0 saturated heterocycles. The minimum Gasteiger partial charge on any atom is -0.497 e. The Labute approximate surface area is 119 Å². The van der Waals surface area contributed by atoms with E-state index in [4.69, 9.17) is 15.2 Å². The van der Waals surface area contributed by atoms with E-state index < -0.39 is 0 Å². The normalized spacial score (nSPS) is 10.2. The van der Waals surface area contributed by atoms with Gasteiger partial charge in [0.25, 0.3) is 0 Å². The van der Waals surface area contributed by atoms with Crippen LogP contribution in [-0.4, -0.2) is 14.2 Å². The molecule has 0 fully saturated rings. The van der Waals surface area contributed by atoms with Gasteiger partial charge in [0, 0.05) is 29.5 Å². The van der Waals surface area contributed by atoms with Gasteiger partial charge in [0.1, 0.15) is 11.5 Å². The molecule has 2 rings (SSSR count). The molecular formula is C16H20N2O2. The summed E-state index contributed by atoms with van der Waals surface area (Å²) in [5.74, 6) is 1.60. The van der Waals surface area contributed by atoms with E-state index >= 15 is 0 Å². The SMILES string of the molecule is COc1ccc(CNc2ccc(N)cc2C)c(OC)c1. The van der Waals surface area contributed by atoms with Gasteiger partial charge in [-0.1, -0.05) is 0 Å². The van der Waals surface area contributed by atoms with Crippen LogP contribution in [0.3, 0.4) is 0 Å². The maximum absolute atomic E-state index is 5.75. The first-order chi connectivity index (χ1) is 9.63. The van der Waals surface area contributed by atoms with Gasteiger partial charge in [0.05, 0.1) is 14.2 Å². The Kier molecular flexibility index (Phi) is 4.35. The van der Waals surface area contributed by atoms with Crippen LogP contribution in [0.15, 0.2) is 36.4 Å². The predicted octanol–water partition coefficient (Wildman–Crippen LogP) is 3.21. The molecular weight excluding hydrogens is 252 g/mol. The second-order valence-electron chi connectivity index (χ2n) is 4.61. The van der Waals surface area contributed by atoms with Crippen LogP contribution in [0.2, 0.25) is 0 Å². The van der Waals surface area contributed by atoms with Crippen molar-refractivity contribution in [3.63, 3.8) is 0 Å². The number of hydrogen-bond acceptors (Lipinski definition) is 4. The molecule has 0 unspecified atom stereocenters. The van der Waals surface area contributed by atoms with Crippen LogP contribution >= 0.6 is 0 Å². The molecule has 0 heterocycles. The summed E-state index contributed by atoms with van der Waals surface area (Å²) in [6, 6.07) is 11.6. The summed E-state index contributed by atoms with van der Waals surface area (Å²) in [6.07, 6.45) is 0. The van der Waals surface area contributed by atoms with Gasteiger partial charge in [-0.3, -0.25) is 0 Å². The fraction of sp³-hybridized carbons (Fsp3) is 0.250. The molecule has 3 N–H and O–H groups in total. The summed E-state index contributed by atoms with van der Waals surface area (Å²) in [7, 11) is 3.30. The van der Waals surface area contributed by atoms with Gasteiger partial charge in [0.15, 0.2) is 0 Å². The third-order valence-corrected chi connectivity index (χ3v) is 3.21. The summed E-state index contributed by atoms with van der Waals surface area (Å²) in [4.78, 5) is 0. The molecule has 0 bridgehead atoms. The minimum atomic E-state index is 0.678. The van der Waals surface area contributed by atoms with E-state index in [0.29, 0.717) is 6.54 Å². The van der Waals surface area contributed by atoms with Gasteiger partial charge in [-0.05, 0) is 42.8 Å². The van der Waals surface area contributed by atoms with Gasteiger partial charge in [-0.25, -0.2) is 0 Å². The molecule has 0 saturated carbocycles. The molecule has 0 spiro atoms. The molecule has 20 heavy (non-hydrogen) atoms. The van der Waals surface area contributed by atoms with Crippen molar-refractivity contribution < 1.29 is 9.47 Å². The van der Waals surface area contributed by atoms with Crippen molar-refractivity contribution in [2.75, 3.05) is 25.3 Å². The van der Waals surface area contributed by atoms with Crippen LogP contribution in [0.4, 0.5) is 11.4 Å². The fourth-order valence-corrected chi connectivity index (χ4v) is 2.07. The zero-order valence-electron chi connectivity index (χ0n) is 12.1. The highest BCUT2D eigenvalue weighted by atomic mass is 16.5. The number of aryl methyl sites for hydroxylation is 1. The summed E-state index contributed by atoms with van der Waals surface area (Å²) < 4.78 is 10.6. The van der Waals surface area contributed by atoms with Crippen molar-refractivity contribution in [1.82, 2.24) is 0 Å². The number of nitrogens with two attached hydrogens (primary N) is 1. The zero-order valence-corrected chi connectivity index (χ0v) is 12.1. The molecule has 0 amide bonds. The van der Waals surface area contributed by atoms with E-state index in [2.05, 4.69) is 5.32 Å². The quantitative estimate of drug-likeness (QED) is 0.821. The van der Waals surface area contributed by atoms with Crippen molar-refractivity contribution in [3.8, 4) is 11.5 Å². The number of anilines is 2. The summed E-state index contributed by atoms with van der Waals surface area (Å²) in [5, 5.41) is 3.39. The second-order valence-corrected chi connectivity index (χ2v) is 4.61. The molecule has 4 heteroatoms. The average Bonchev–Trinajstić information content (AvgIpc) is 2.46. The Balaban J connectivity index is 2.14. The number of methoxy groups -OCH3 is 2. The first kappa shape index (κ1) is 14.1. The lowest BCUT2D eigenvalue weighted by molar-refractivity contribution is 0.391. The molecule has 0 radical (unpaired) electrons.